The number of aliphatic hydroxyl groups is 1. The van der Waals surface area contributed by atoms with Crippen molar-refractivity contribution in [1.82, 2.24) is 4.90 Å². The zero-order chi connectivity index (χ0) is 13.4. The molecule has 104 valence electrons. The molecule has 2 aliphatic rings. The number of hydrogen-bond donors (Lipinski definition) is 1. The summed E-state index contributed by atoms with van der Waals surface area (Å²) in [5.74, 6) is 1.16. The Kier molecular flexibility index (Phi) is 3.84. The normalized spacial score (nSPS) is 34.7. The van der Waals surface area contributed by atoms with Gasteiger partial charge in [-0.15, -0.1) is 0 Å². The quantitative estimate of drug-likeness (QED) is 0.918. The lowest BCUT2D eigenvalue weighted by Crippen LogP contribution is -2.46. The van der Waals surface area contributed by atoms with E-state index < -0.39 is 0 Å². The molecule has 0 spiro atoms. The van der Waals surface area contributed by atoms with Crippen molar-refractivity contribution in [2.24, 2.45) is 5.92 Å². The van der Waals surface area contributed by atoms with Crippen molar-refractivity contribution >= 4 is 11.6 Å². The largest absolute Gasteiger partial charge is 0.396 e. The Hall–Kier alpha value is -0.570. The van der Waals surface area contributed by atoms with Crippen molar-refractivity contribution in [1.29, 1.82) is 0 Å². The smallest absolute Gasteiger partial charge is 0.0434 e. The first kappa shape index (κ1) is 13.4. The fourth-order valence-corrected chi connectivity index (χ4v) is 4.34. The minimum absolute atomic E-state index is 0.295. The molecule has 2 nitrogen and oxygen atoms in total. The topological polar surface area (TPSA) is 23.5 Å². The first-order chi connectivity index (χ1) is 9.20. The van der Waals surface area contributed by atoms with E-state index in [1.165, 1.54) is 24.8 Å². The molecule has 0 aromatic heterocycles. The second-order valence-corrected chi connectivity index (χ2v) is 6.47. The number of aliphatic hydroxyl groups excluding tert-OH is 1. The number of hydrogen-bond acceptors (Lipinski definition) is 2. The summed E-state index contributed by atoms with van der Waals surface area (Å²) in [6.45, 7) is 0.295. The van der Waals surface area contributed by atoms with Gasteiger partial charge in [-0.1, -0.05) is 23.7 Å². The Morgan fingerprint density at radius 2 is 2.00 bits per heavy atom. The third kappa shape index (κ3) is 2.42. The summed E-state index contributed by atoms with van der Waals surface area (Å²) in [5, 5.41) is 10.2. The third-order valence-electron chi connectivity index (χ3n) is 5.19. The van der Waals surface area contributed by atoms with Crippen molar-refractivity contribution in [3.8, 4) is 0 Å². The van der Waals surface area contributed by atoms with Crippen LogP contribution in [-0.4, -0.2) is 35.7 Å². The molecular formula is C16H22ClNO. The van der Waals surface area contributed by atoms with E-state index in [0.717, 1.165) is 17.5 Å². The molecule has 2 aliphatic heterocycles. The van der Waals surface area contributed by atoms with Crippen LogP contribution in [0.1, 0.15) is 37.2 Å². The van der Waals surface area contributed by atoms with E-state index in [1.807, 2.05) is 12.1 Å². The number of fused-ring (bicyclic) bond motifs is 2. The van der Waals surface area contributed by atoms with Crippen molar-refractivity contribution < 1.29 is 5.11 Å². The highest BCUT2D eigenvalue weighted by molar-refractivity contribution is 6.30. The SMILES string of the molecule is CN1[C@H]2CC[C@@H]1C(CCO)[C@@H](c1ccc(Cl)cc1)C2. The average molecular weight is 280 g/mol. The Morgan fingerprint density at radius 3 is 2.68 bits per heavy atom. The average Bonchev–Trinajstić information content (AvgIpc) is 2.65. The first-order valence-electron chi connectivity index (χ1n) is 7.29. The van der Waals surface area contributed by atoms with Crippen LogP contribution in [0.25, 0.3) is 0 Å². The van der Waals surface area contributed by atoms with Crippen LogP contribution in [0.4, 0.5) is 0 Å². The van der Waals surface area contributed by atoms with E-state index in [2.05, 4.69) is 24.1 Å². The molecule has 0 radical (unpaired) electrons. The Morgan fingerprint density at radius 1 is 1.26 bits per heavy atom. The van der Waals surface area contributed by atoms with Crippen LogP contribution in [0.5, 0.6) is 0 Å². The maximum Gasteiger partial charge on any atom is 0.0434 e. The van der Waals surface area contributed by atoms with E-state index in [0.29, 0.717) is 24.5 Å². The van der Waals surface area contributed by atoms with Crippen LogP contribution in [0.15, 0.2) is 24.3 Å². The van der Waals surface area contributed by atoms with E-state index in [-0.39, 0.29) is 0 Å². The maximum atomic E-state index is 9.40. The maximum absolute atomic E-state index is 9.40. The summed E-state index contributed by atoms with van der Waals surface area (Å²) < 4.78 is 0. The standard InChI is InChI=1S/C16H22ClNO/c1-18-13-6-7-16(18)14(8-9-19)15(10-13)11-2-4-12(17)5-3-11/h2-5,13-16,19H,6-10H2,1H3/t13-,14?,15+,16+/m0/s1. The molecule has 0 aliphatic carbocycles. The summed E-state index contributed by atoms with van der Waals surface area (Å²) in [4.78, 5) is 2.55. The third-order valence-corrected chi connectivity index (χ3v) is 5.44. The first-order valence-corrected chi connectivity index (χ1v) is 7.66. The van der Waals surface area contributed by atoms with E-state index in [9.17, 15) is 5.11 Å². The number of benzene rings is 1. The van der Waals surface area contributed by atoms with Gasteiger partial charge in [0.2, 0.25) is 0 Å². The highest BCUT2D eigenvalue weighted by atomic mass is 35.5. The van der Waals surface area contributed by atoms with Crippen LogP contribution >= 0.6 is 11.6 Å². The minimum Gasteiger partial charge on any atom is -0.396 e. The summed E-state index contributed by atoms with van der Waals surface area (Å²) in [6.07, 6.45) is 4.73. The summed E-state index contributed by atoms with van der Waals surface area (Å²) in [6, 6.07) is 9.69. The molecule has 19 heavy (non-hydrogen) atoms. The lowest BCUT2D eigenvalue weighted by atomic mass is 9.75. The molecule has 2 fully saturated rings. The van der Waals surface area contributed by atoms with E-state index in [1.54, 1.807) is 0 Å². The van der Waals surface area contributed by atoms with Gasteiger partial charge in [0.15, 0.2) is 0 Å². The van der Waals surface area contributed by atoms with Gasteiger partial charge in [0.25, 0.3) is 0 Å². The van der Waals surface area contributed by atoms with Crippen molar-refractivity contribution in [3.05, 3.63) is 34.9 Å². The van der Waals surface area contributed by atoms with Crippen LogP contribution in [-0.2, 0) is 0 Å². The second kappa shape index (κ2) is 5.43. The predicted octanol–water partition coefficient (Wildman–Crippen LogP) is 3.29. The molecule has 1 aromatic rings. The Balaban J connectivity index is 1.88. The van der Waals surface area contributed by atoms with Crippen LogP contribution in [0.2, 0.25) is 5.02 Å². The molecule has 0 amide bonds. The molecule has 1 N–H and O–H groups in total. The molecule has 2 saturated heterocycles. The van der Waals surface area contributed by atoms with Gasteiger partial charge in [-0.3, -0.25) is 0 Å². The Bertz CT molecular complexity index is 433. The van der Waals surface area contributed by atoms with E-state index in [4.69, 9.17) is 11.6 Å². The van der Waals surface area contributed by atoms with Gasteiger partial charge in [-0.25, -0.2) is 0 Å². The van der Waals surface area contributed by atoms with Gasteiger partial charge in [-0.05, 0) is 62.3 Å². The van der Waals surface area contributed by atoms with Gasteiger partial charge in [0.05, 0.1) is 0 Å². The molecule has 1 unspecified atom stereocenters. The lowest BCUT2D eigenvalue weighted by Gasteiger charge is -2.43. The van der Waals surface area contributed by atoms with E-state index >= 15 is 0 Å². The van der Waals surface area contributed by atoms with Gasteiger partial charge in [0, 0.05) is 23.7 Å². The van der Waals surface area contributed by atoms with Gasteiger partial charge < -0.3 is 10.0 Å². The minimum atomic E-state index is 0.295. The molecule has 0 saturated carbocycles. The zero-order valence-electron chi connectivity index (χ0n) is 11.4. The molecule has 2 bridgehead atoms. The molecule has 3 heteroatoms. The predicted molar refractivity (Wildman–Crippen MR) is 78.6 cm³/mol. The van der Waals surface area contributed by atoms with Crippen molar-refractivity contribution in [3.63, 3.8) is 0 Å². The Labute approximate surface area is 120 Å². The monoisotopic (exact) mass is 279 g/mol. The highest BCUT2D eigenvalue weighted by Gasteiger charge is 2.45. The number of rotatable bonds is 3. The van der Waals surface area contributed by atoms with Gasteiger partial charge >= 0.3 is 0 Å². The number of nitrogens with zero attached hydrogens (tertiary/aromatic N) is 1. The molecule has 2 heterocycles. The second-order valence-electron chi connectivity index (χ2n) is 6.03. The van der Waals surface area contributed by atoms with Crippen LogP contribution in [0, 0.1) is 5.92 Å². The van der Waals surface area contributed by atoms with Gasteiger partial charge in [0.1, 0.15) is 0 Å². The van der Waals surface area contributed by atoms with Crippen molar-refractivity contribution in [2.45, 2.75) is 43.7 Å². The fourth-order valence-electron chi connectivity index (χ4n) is 4.21. The summed E-state index contributed by atoms with van der Waals surface area (Å²) in [5.41, 5.74) is 1.40. The fraction of sp³-hybridized carbons (Fsp3) is 0.625. The summed E-state index contributed by atoms with van der Waals surface area (Å²) >= 11 is 5.99. The molecular weight excluding hydrogens is 258 g/mol. The number of piperidine rings is 1. The van der Waals surface area contributed by atoms with Gasteiger partial charge in [-0.2, -0.15) is 0 Å². The molecule has 3 rings (SSSR count). The molecule has 4 atom stereocenters. The number of halogens is 1. The van der Waals surface area contributed by atoms with Crippen LogP contribution < -0.4 is 0 Å². The summed E-state index contributed by atoms with van der Waals surface area (Å²) in [7, 11) is 2.25. The zero-order valence-corrected chi connectivity index (χ0v) is 12.2. The molecule has 1 aromatic carbocycles. The van der Waals surface area contributed by atoms with Crippen molar-refractivity contribution in [2.75, 3.05) is 13.7 Å². The van der Waals surface area contributed by atoms with Crippen LogP contribution in [0.3, 0.4) is 0 Å². The highest BCUT2D eigenvalue weighted by Crippen LogP contribution is 2.47. The lowest BCUT2D eigenvalue weighted by molar-refractivity contribution is 0.0816.